The molecule has 15 nitrogen and oxygen atoms in total. The topological polar surface area (TPSA) is 278 Å². The van der Waals surface area contributed by atoms with Gasteiger partial charge in [-0.05, 0) is 26.7 Å². The number of nitrogens with two attached hydrogens (primary N) is 4. The van der Waals surface area contributed by atoms with E-state index in [-0.39, 0.29) is 25.3 Å². The Hall–Kier alpha value is -3.46. The van der Waals surface area contributed by atoms with Gasteiger partial charge in [-0.15, -0.1) is 0 Å². The Labute approximate surface area is 184 Å². The molecule has 0 fully saturated rings. The van der Waals surface area contributed by atoms with E-state index in [1.165, 1.54) is 13.8 Å². The van der Waals surface area contributed by atoms with Crippen LogP contribution in [0.15, 0.2) is 4.99 Å². The summed E-state index contributed by atoms with van der Waals surface area (Å²) in [5, 5.41) is 25.7. The van der Waals surface area contributed by atoms with E-state index in [0.29, 0.717) is 0 Å². The van der Waals surface area contributed by atoms with Gasteiger partial charge in [-0.1, -0.05) is 0 Å². The maximum absolute atomic E-state index is 12.6. The third-order valence-corrected chi connectivity index (χ3v) is 4.07. The van der Waals surface area contributed by atoms with Gasteiger partial charge in [0.15, 0.2) is 5.96 Å². The Bertz CT molecular complexity index is 722. The van der Waals surface area contributed by atoms with Gasteiger partial charge in [0.25, 0.3) is 0 Å². The average Bonchev–Trinajstić information content (AvgIpc) is 2.66. The molecule has 0 aromatic rings. The molecule has 0 aliphatic heterocycles. The fourth-order valence-electron chi connectivity index (χ4n) is 2.40. The second kappa shape index (κ2) is 13.8. The number of amides is 4. The Morgan fingerprint density at radius 2 is 1.47 bits per heavy atom. The number of nitrogens with one attached hydrogen (secondary N) is 3. The molecule has 0 spiro atoms. The molecule has 15 heteroatoms. The largest absolute Gasteiger partial charge is 0.480 e. The van der Waals surface area contributed by atoms with Gasteiger partial charge in [-0.3, -0.25) is 24.2 Å². The molecule has 5 unspecified atom stereocenters. The molecule has 0 aromatic carbocycles. The molecule has 0 aliphatic rings. The number of aliphatic carboxylic acids is 1. The van der Waals surface area contributed by atoms with Crippen LogP contribution in [0, 0.1) is 0 Å². The van der Waals surface area contributed by atoms with Gasteiger partial charge in [0.05, 0.1) is 18.6 Å². The van der Waals surface area contributed by atoms with E-state index in [1.807, 2.05) is 0 Å². The zero-order chi connectivity index (χ0) is 25.0. The summed E-state index contributed by atoms with van der Waals surface area (Å²) in [7, 11) is 0. The highest BCUT2D eigenvalue weighted by atomic mass is 16.4. The van der Waals surface area contributed by atoms with Crippen LogP contribution in [0.2, 0.25) is 0 Å². The van der Waals surface area contributed by atoms with Crippen LogP contribution < -0.4 is 38.9 Å². The van der Waals surface area contributed by atoms with E-state index in [4.69, 9.17) is 22.9 Å². The summed E-state index contributed by atoms with van der Waals surface area (Å²) in [6.45, 7) is 2.69. The van der Waals surface area contributed by atoms with Crippen molar-refractivity contribution in [2.45, 2.75) is 63.4 Å². The second-order valence-corrected chi connectivity index (χ2v) is 7.10. The standard InChI is InChI=1S/C17H32N8O7/c1-7(18)13(28)25-12(8(2)26)15(30)24-10(6-11(19)27)14(29)23-9(16(31)32)4-3-5-22-17(20)21/h7-10,12,26H,3-6,18H2,1-2H3,(H2,19,27)(H,23,29)(H,24,30)(H,25,28)(H,31,32)(H4,20,21,22). The highest BCUT2D eigenvalue weighted by Crippen LogP contribution is 2.03. The molecule has 32 heavy (non-hydrogen) atoms. The third-order valence-electron chi connectivity index (χ3n) is 4.07. The number of carbonyl (C=O) groups is 5. The number of primary amides is 1. The highest BCUT2D eigenvalue weighted by Gasteiger charge is 2.32. The Morgan fingerprint density at radius 1 is 0.906 bits per heavy atom. The van der Waals surface area contributed by atoms with Crippen LogP contribution in [0.4, 0.5) is 0 Å². The van der Waals surface area contributed by atoms with Gasteiger partial charge < -0.3 is 49.1 Å². The summed E-state index contributed by atoms with van der Waals surface area (Å²) in [4.78, 5) is 63.4. The van der Waals surface area contributed by atoms with Crippen molar-refractivity contribution < 1.29 is 34.2 Å². The molecule has 0 rings (SSSR count). The predicted molar refractivity (Wildman–Crippen MR) is 112 cm³/mol. The minimum atomic E-state index is -1.56. The van der Waals surface area contributed by atoms with E-state index >= 15 is 0 Å². The zero-order valence-corrected chi connectivity index (χ0v) is 17.9. The van der Waals surface area contributed by atoms with E-state index < -0.39 is 66.3 Å². The van der Waals surface area contributed by atoms with Crippen molar-refractivity contribution in [2.75, 3.05) is 6.54 Å². The van der Waals surface area contributed by atoms with E-state index in [2.05, 4.69) is 20.9 Å². The van der Waals surface area contributed by atoms with Crippen LogP contribution in [-0.4, -0.2) is 82.6 Å². The van der Waals surface area contributed by atoms with Gasteiger partial charge in [0, 0.05) is 6.54 Å². The smallest absolute Gasteiger partial charge is 0.326 e. The molecule has 5 atom stereocenters. The van der Waals surface area contributed by atoms with Crippen LogP contribution >= 0.6 is 0 Å². The summed E-state index contributed by atoms with van der Waals surface area (Å²) in [6.07, 6.45) is -1.87. The normalized spacial score (nSPS) is 15.2. The quantitative estimate of drug-likeness (QED) is 0.0677. The van der Waals surface area contributed by atoms with Crippen molar-refractivity contribution in [1.82, 2.24) is 16.0 Å². The molecule has 182 valence electrons. The predicted octanol–water partition coefficient (Wildman–Crippen LogP) is -4.82. The lowest BCUT2D eigenvalue weighted by molar-refractivity contribution is -0.142. The molecule has 4 amide bonds. The number of guanidine groups is 1. The average molecular weight is 460 g/mol. The van der Waals surface area contributed by atoms with Crippen LogP contribution in [0.3, 0.4) is 0 Å². The first-order chi connectivity index (χ1) is 14.8. The van der Waals surface area contributed by atoms with E-state index in [1.54, 1.807) is 0 Å². The molecular formula is C17H32N8O7. The molecule has 0 aromatic heterocycles. The van der Waals surface area contributed by atoms with Crippen LogP contribution in [-0.2, 0) is 24.0 Å². The van der Waals surface area contributed by atoms with Crippen molar-refractivity contribution in [3.8, 4) is 0 Å². The van der Waals surface area contributed by atoms with Crippen molar-refractivity contribution in [3.63, 3.8) is 0 Å². The van der Waals surface area contributed by atoms with Gasteiger partial charge in [-0.2, -0.15) is 0 Å². The van der Waals surface area contributed by atoms with Crippen molar-refractivity contribution in [3.05, 3.63) is 0 Å². The van der Waals surface area contributed by atoms with E-state index in [9.17, 15) is 34.2 Å². The number of aliphatic imine (C=N–C) groups is 1. The van der Waals surface area contributed by atoms with Crippen molar-refractivity contribution in [2.24, 2.45) is 27.9 Å². The number of hydrogen-bond acceptors (Lipinski definition) is 8. The van der Waals surface area contributed by atoms with Crippen LogP contribution in [0.5, 0.6) is 0 Å². The van der Waals surface area contributed by atoms with E-state index in [0.717, 1.165) is 0 Å². The first-order valence-electron chi connectivity index (χ1n) is 9.67. The fourth-order valence-corrected chi connectivity index (χ4v) is 2.40. The molecule has 0 aliphatic carbocycles. The highest BCUT2D eigenvalue weighted by molar-refractivity contribution is 5.96. The van der Waals surface area contributed by atoms with Gasteiger partial charge in [0.1, 0.15) is 18.1 Å². The molecular weight excluding hydrogens is 428 g/mol. The third kappa shape index (κ3) is 11.1. The Kier molecular flexibility index (Phi) is 12.3. The van der Waals surface area contributed by atoms with Gasteiger partial charge >= 0.3 is 5.97 Å². The van der Waals surface area contributed by atoms with Crippen molar-refractivity contribution >= 4 is 35.6 Å². The summed E-state index contributed by atoms with van der Waals surface area (Å²) in [5.74, 6) is -5.25. The second-order valence-electron chi connectivity index (χ2n) is 7.10. The zero-order valence-electron chi connectivity index (χ0n) is 17.9. The molecule has 0 saturated heterocycles. The number of carboxylic acid groups (broad SMARTS) is 1. The molecule has 0 bridgehead atoms. The van der Waals surface area contributed by atoms with Gasteiger partial charge in [-0.25, -0.2) is 4.79 Å². The summed E-state index contributed by atoms with van der Waals surface area (Å²) >= 11 is 0. The lowest BCUT2D eigenvalue weighted by Crippen LogP contribution is -2.60. The maximum Gasteiger partial charge on any atom is 0.326 e. The molecule has 0 radical (unpaired) electrons. The molecule has 0 heterocycles. The summed E-state index contributed by atoms with van der Waals surface area (Å²) < 4.78 is 0. The number of nitrogens with zero attached hydrogens (tertiary/aromatic N) is 1. The summed E-state index contributed by atoms with van der Waals surface area (Å²) in [5.41, 5.74) is 20.9. The Balaban J connectivity index is 5.34. The SMILES string of the molecule is CC(N)C(=O)NC(C(=O)NC(CC(N)=O)C(=O)NC(CCCN=C(N)N)C(=O)O)C(C)O. The Morgan fingerprint density at radius 3 is 1.91 bits per heavy atom. The maximum atomic E-state index is 12.6. The lowest BCUT2D eigenvalue weighted by atomic mass is 10.1. The first-order valence-corrected chi connectivity index (χ1v) is 9.67. The lowest BCUT2D eigenvalue weighted by Gasteiger charge is -2.25. The van der Waals surface area contributed by atoms with Crippen LogP contribution in [0.1, 0.15) is 33.1 Å². The number of carbonyl (C=O) groups excluding carboxylic acids is 4. The molecule has 13 N–H and O–H groups in total. The first kappa shape index (κ1) is 28.5. The van der Waals surface area contributed by atoms with Crippen molar-refractivity contribution in [1.29, 1.82) is 0 Å². The minimum Gasteiger partial charge on any atom is -0.480 e. The summed E-state index contributed by atoms with van der Waals surface area (Å²) in [6, 6.07) is -5.40. The monoisotopic (exact) mass is 460 g/mol. The number of aliphatic hydroxyl groups excluding tert-OH is 1. The minimum absolute atomic E-state index is 0.0458. The number of rotatable bonds is 14. The number of hydrogen-bond donors (Lipinski definition) is 9. The number of aliphatic hydroxyl groups is 1. The molecule has 0 saturated carbocycles. The van der Waals surface area contributed by atoms with Gasteiger partial charge in [0.2, 0.25) is 23.6 Å². The number of carboxylic acids is 1. The van der Waals surface area contributed by atoms with Crippen LogP contribution in [0.25, 0.3) is 0 Å². The fraction of sp³-hybridized carbons (Fsp3) is 0.647.